The molecule has 4 aliphatic rings. The Hall–Kier alpha value is -3.50. The molecule has 1 aliphatic carbocycles. The van der Waals surface area contributed by atoms with Crippen molar-refractivity contribution in [3.8, 4) is 16.9 Å². The molecule has 4 fully saturated rings. The molecule has 9 rings (SSSR count). The maximum Gasteiger partial charge on any atom is 0.158 e. The van der Waals surface area contributed by atoms with Gasteiger partial charge in [0, 0.05) is 42.7 Å². The molecular formula is C33H35ClFN7O. The van der Waals surface area contributed by atoms with E-state index in [1.807, 2.05) is 44.4 Å². The third-order valence-corrected chi connectivity index (χ3v) is 10.0. The van der Waals surface area contributed by atoms with Gasteiger partial charge in [0.25, 0.3) is 0 Å². The zero-order chi connectivity index (χ0) is 29.7. The molecule has 8 nitrogen and oxygen atoms in total. The number of likely N-dealkylation sites (N-methyl/N-ethyl adjacent to an activating group) is 1. The Morgan fingerprint density at radius 1 is 1.05 bits per heavy atom. The number of fused-ring (bicyclic) bond motifs is 5. The first-order valence-electron chi connectivity index (χ1n) is 14.9. The lowest BCUT2D eigenvalue weighted by atomic mass is 9.79. The van der Waals surface area contributed by atoms with Crippen LogP contribution in [0.2, 0.25) is 5.02 Å². The van der Waals surface area contributed by atoms with E-state index in [1.54, 1.807) is 12.1 Å². The first kappa shape index (κ1) is 27.1. The van der Waals surface area contributed by atoms with Crippen molar-refractivity contribution >= 4 is 50.1 Å². The molecule has 0 amide bonds. The highest BCUT2D eigenvalue weighted by molar-refractivity contribution is 6.35. The van der Waals surface area contributed by atoms with E-state index >= 15 is 4.39 Å². The molecule has 2 N–H and O–H groups in total. The number of aromatic nitrogens is 3. The average molecular weight is 600 g/mol. The Kier molecular flexibility index (Phi) is 6.14. The number of imidazole rings is 1. The van der Waals surface area contributed by atoms with Crippen molar-refractivity contribution in [2.75, 3.05) is 52.7 Å². The number of nitrogens with one attached hydrogen (secondary N) is 1. The lowest BCUT2D eigenvalue weighted by Crippen LogP contribution is -2.57. The molecule has 2 bridgehead atoms. The van der Waals surface area contributed by atoms with Crippen LogP contribution in [0.4, 0.5) is 10.2 Å². The summed E-state index contributed by atoms with van der Waals surface area (Å²) in [5, 5.41) is 16.8. The van der Waals surface area contributed by atoms with Crippen LogP contribution in [0.15, 0.2) is 42.5 Å². The summed E-state index contributed by atoms with van der Waals surface area (Å²) < 4.78 is 19.4. The number of phenolic OH excluding ortho intramolecular Hbond substituents is 1. The monoisotopic (exact) mass is 599 g/mol. The van der Waals surface area contributed by atoms with Gasteiger partial charge in [-0.25, -0.2) is 14.4 Å². The third kappa shape index (κ3) is 4.05. The molecule has 2 aromatic heterocycles. The van der Waals surface area contributed by atoms with Gasteiger partial charge in [-0.3, -0.25) is 0 Å². The van der Waals surface area contributed by atoms with Crippen molar-refractivity contribution in [3.63, 3.8) is 0 Å². The van der Waals surface area contributed by atoms with E-state index in [2.05, 4.69) is 38.7 Å². The highest BCUT2D eigenvalue weighted by Gasteiger charge is 2.49. The fourth-order valence-electron chi connectivity index (χ4n) is 7.43. The number of benzene rings is 3. The largest absolute Gasteiger partial charge is 0.508 e. The van der Waals surface area contributed by atoms with E-state index in [0.29, 0.717) is 41.3 Å². The third-order valence-electron chi connectivity index (χ3n) is 9.72. The van der Waals surface area contributed by atoms with Crippen LogP contribution in [0.5, 0.6) is 5.75 Å². The van der Waals surface area contributed by atoms with Gasteiger partial charge in [0.2, 0.25) is 0 Å². The van der Waals surface area contributed by atoms with E-state index in [9.17, 15) is 5.11 Å². The van der Waals surface area contributed by atoms with Gasteiger partial charge in [-0.1, -0.05) is 35.9 Å². The van der Waals surface area contributed by atoms with Crippen molar-refractivity contribution in [1.82, 2.24) is 29.7 Å². The van der Waals surface area contributed by atoms with Gasteiger partial charge in [-0.2, -0.15) is 0 Å². The lowest BCUT2D eigenvalue weighted by Gasteiger charge is -2.43. The van der Waals surface area contributed by atoms with Crippen LogP contribution >= 0.6 is 11.6 Å². The Balaban J connectivity index is 1.43. The summed E-state index contributed by atoms with van der Waals surface area (Å²) in [6.45, 7) is 3.24. The van der Waals surface area contributed by atoms with Crippen LogP contribution in [0.25, 0.3) is 43.8 Å². The fraction of sp³-hybridized carbons (Fsp3) is 0.394. The molecule has 5 heterocycles. The number of rotatable bonds is 6. The second kappa shape index (κ2) is 9.75. The first-order chi connectivity index (χ1) is 20.7. The number of nitrogens with zero attached hydrogens (tertiary/aromatic N) is 6. The predicted octanol–water partition coefficient (Wildman–Crippen LogP) is 5.25. The number of halogens is 2. The summed E-state index contributed by atoms with van der Waals surface area (Å²) >= 11 is 7.02. The Bertz CT molecular complexity index is 1920. The maximum absolute atomic E-state index is 17.1. The Labute approximate surface area is 254 Å². The standard InChI is InChI=1S/C33H35ClFN7O/c1-39(2)16-26-37-30-32(42(26)31-18-10-25(31)36-13-18)23-12-24(34)27(22-11-20(43)9-17-7-5-6-8-21(17)22)28(35)29(23)38-33(30)41-14-19(15-41)40(3)4/h5-9,11-12,18-19,25,31,36,43H,10,13-16H2,1-4H3/t18-,25-,31+/m1/s1. The summed E-state index contributed by atoms with van der Waals surface area (Å²) in [7, 11) is 8.27. The first-order valence-corrected chi connectivity index (χ1v) is 15.3. The molecule has 3 aromatic carbocycles. The van der Waals surface area contributed by atoms with Crippen molar-refractivity contribution in [1.29, 1.82) is 0 Å². The normalized spacial score (nSPS) is 22.0. The molecule has 3 aliphatic heterocycles. The van der Waals surface area contributed by atoms with Gasteiger partial charge < -0.3 is 29.7 Å². The molecule has 0 spiro atoms. The molecule has 5 aromatic rings. The maximum atomic E-state index is 17.1. The van der Waals surface area contributed by atoms with E-state index in [4.69, 9.17) is 21.6 Å². The highest BCUT2D eigenvalue weighted by atomic mass is 35.5. The number of phenols is 1. The zero-order valence-electron chi connectivity index (χ0n) is 24.8. The highest BCUT2D eigenvalue weighted by Crippen LogP contribution is 2.49. The van der Waals surface area contributed by atoms with Crippen LogP contribution < -0.4 is 10.2 Å². The van der Waals surface area contributed by atoms with Crippen LogP contribution in [-0.2, 0) is 6.54 Å². The second-order valence-corrected chi connectivity index (χ2v) is 13.4. The minimum atomic E-state index is -0.484. The molecular weight excluding hydrogens is 565 g/mol. The number of hydrogen-bond donors (Lipinski definition) is 2. The summed E-state index contributed by atoms with van der Waals surface area (Å²) in [6.07, 6.45) is 1.14. The molecule has 43 heavy (non-hydrogen) atoms. The number of anilines is 1. The summed E-state index contributed by atoms with van der Waals surface area (Å²) in [6, 6.07) is 13.8. The van der Waals surface area contributed by atoms with Gasteiger partial charge >= 0.3 is 0 Å². The second-order valence-electron chi connectivity index (χ2n) is 12.9. The van der Waals surface area contributed by atoms with Crippen molar-refractivity contribution in [2.45, 2.75) is 31.1 Å². The summed E-state index contributed by atoms with van der Waals surface area (Å²) in [5.74, 6) is 1.76. The molecule has 0 unspecified atom stereocenters. The minimum absolute atomic E-state index is 0.0584. The van der Waals surface area contributed by atoms with Crippen LogP contribution in [0, 0.1) is 11.7 Å². The quantitative estimate of drug-likeness (QED) is 0.276. The Morgan fingerprint density at radius 2 is 1.84 bits per heavy atom. The molecule has 3 saturated heterocycles. The summed E-state index contributed by atoms with van der Waals surface area (Å²) in [5.41, 5.74) is 2.78. The molecule has 1 saturated carbocycles. The fourth-order valence-corrected chi connectivity index (χ4v) is 7.72. The van der Waals surface area contributed by atoms with Gasteiger partial charge in [0.1, 0.15) is 22.6 Å². The van der Waals surface area contributed by atoms with Crippen molar-refractivity contribution < 1.29 is 9.50 Å². The smallest absolute Gasteiger partial charge is 0.158 e. The number of pyridine rings is 1. The van der Waals surface area contributed by atoms with Crippen LogP contribution in [0.3, 0.4) is 0 Å². The number of hydrogen-bond acceptors (Lipinski definition) is 7. The van der Waals surface area contributed by atoms with E-state index < -0.39 is 5.82 Å². The predicted molar refractivity (Wildman–Crippen MR) is 171 cm³/mol. The topological polar surface area (TPSA) is 72.7 Å². The zero-order valence-corrected chi connectivity index (χ0v) is 25.5. The Morgan fingerprint density at radius 3 is 2.53 bits per heavy atom. The minimum Gasteiger partial charge on any atom is -0.508 e. The molecule has 3 atom stereocenters. The molecule has 222 valence electrons. The molecule has 0 radical (unpaired) electrons. The van der Waals surface area contributed by atoms with E-state index in [-0.39, 0.29) is 27.9 Å². The van der Waals surface area contributed by atoms with Crippen LogP contribution in [0.1, 0.15) is 18.3 Å². The number of aromatic hydroxyl groups is 1. The van der Waals surface area contributed by atoms with E-state index in [0.717, 1.165) is 53.7 Å². The van der Waals surface area contributed by atoms with Crippen molar-refractivity contribution in [3.05, 3.63) is 59.1 Å². The van der Waals surface area contributed by atoms with Crippen molar-refractivity contribution in [2.24, 2.45) is 5.92 Å². The van der Waals surface area contributed by atoms with Gasteiger partial charge in [-0.15, -0.1) is 0 Å². The van der Waals surface area contributed by atoms with Gasteiger partial charge in [0.15, 0.2) is 11.6 Å². The van der Waals surface area contributed by atoms with Crippen LogP contribution in [-0.4, -0.2) is 89.4 Å². The van der Waals surface area contributed by atoms with Gasteiger partial charge in [0.05, 0.1) is 23.1 Å². The lowest BCUT2D eigenvalue weighted by molar-refractivity contribution is 0.215. The van der Waals surface area contributed by atoms with E-state index in [1.165, 1.54) is 0 Å². The summed E-state index contributed by atoms with van der Waals surface area (Å²) in [4.78, 5) is 16.9. The SMILES string of the molecule is CN(C)Cc1nc2c(N3CC(N(C)C)C3)nc3c(F)c(-c4cc(O)cc5ccccc45)c(Cl)cc3c2n1[C@H]1[C@H]2CN[C@@H]1C2. The average Bonchev–Trinajstić information content (AvgIpc) is 3.64. The van der Waals surface area contributed by atoms with Gasteiger partial charge in [-0.05, 0) is 75.1 Å². The molecule has 10 heteroatoms.